The molecule has 0 saturated heterocycles. The molecule has 2 aromatic rings. The molecule has 0 unspecified atom stereocenters. The Morgan fingerprint density at radius 3 is 2.64 bits per heavy atom. The molecule has 2 rings (SSSR count). The normalized spacial score (nSPS) is 10.6. The number of rotatable bonds is 7. The smallest absolute Gasteiger partial charge is 0.321 e. The second kappa shape index (κ2) is 9.07. The molecule has 1 aromatic carbocycles. The average Bonchev–Trinajstić information content (AvgIpc) is 3.07. The molecule has 0 aliphatic rings. The van der Waals surface area contributed by atoms with Gasteiger partial charge in [0.15, 0.2) is 5.82 Å². The summed E-state index contributed by atoms with van der Waals surface area (Å²) in [6.07, 6.45) is 0. The predicted molar refractivity (Wildman–Crippen MR) is 95.5 cm³/mol. The number of ether oxygens (including phenoxy) is 1. The Morgan fingerprint density at radius 2 is 2.00 bits per heavy atom. The first-order chi connectivity index (χ1) is 12.0. The lowest BCUT2D eigenvalue weighted by Gasteiger charge is -2.07. The van der Waals surface area contributed by atoms with Crippen molar-refractivity contribution in [1.82, 2.24) is 25.8 Å². The SMILES string of the molecule is COc1ccc(-c2nc(SCC(=O)NC(=O)NCC(C)C)n[nH]2)cc1. The number of nitrogens with one attached hydrogen (secondary N) is 3. The van der Waals surface area contributed by atoms with Gasteiger partial charge in [-0.2, -0.15) is 0 Å². The van der Waals surface area contributed by atoms with Crippen molar-refractivity contribution in [2.24, 2.45) is 5.92 Å². The minimum atomic E-state index is -0.492. The van der Waals surface area contributed by atoms with E-state index in [1.165, 1.54) is 0 Å². The number of aromatic amines is 1. The summed E-state index contributed by atoms with van der Waals surface area (Å²) in [7, 11) is 1.60. The molecule has 9 heteroatoms. The zero-order valence-corrected chi connectivity index (χ0v) is 15.1. The van der Waals surface area contributed by atoms with Crippen molar-refractivity contribution >= 4 is 23.7 Å². The lowest BCUT2D eigenvalue weighted by molar-refractivity contribution is -0.117. The maximum Gasteiger partial charge on any atom is 0.321 e. The fourth-order valence-corrected chi connectivity index (χ4v) is 2.42. The molecule has 0 spiro atoms. The third kappa shape index (κ3) is 6.11. The number of amides is 3. The molecule has 0 aliphatic carbocycles. The molecule has 0 atom stereocenters. The maximum atomic E-state index is 11.7. The van der Waals surface area contributed by atoms with Crippen molar-refractivity contribution in [3.63, 3.8) is 0 Å². The number of methoxy groups -OCH3 is 1. The summed E-state index contributed by atoms with van der Waals surface area (Å²) in [6, 6.07) is 6.88. The Balaban J connectivity index is 1.82. The summed E-state index contributed by atoms with van der Waals surface area (Å²) in [5.41, 5.74) is 0.859. The Hall–Kier alpha value is -2.55. The lowest BCUT2D eigenvalue weighted by atomic mass is 10.2. The number of hydrogen-bond donors (Lipinski definition) is 3. The number of hydrogen-bond acceptors (Lipinski definition) is 6. The maximum absolute atomic E-state index is 11.7. The Labute approximate surface area is 150 Å². The number of nitrogens with zero attached hydrogens (tertiary/aromatic N) is 2. The van der Waals surface area contributed by atoms with Gasteiger partial charge in [0.25, 0.3) is 0 Å². The van der Waals surface area contributed by atoms with Gasteiger partial charge in [-0.3, -0.25) is 15.2 Å². The predicted octanol–water partition coefficient (Wildman–Crippen LogP) is 2.05. The molecule has 3 amide bonds. The van der Waals surface area contributed by atoms with Crippen LogP contribution in [0.25, 0.3) is 11.4 Å². The molecule has 0 aliphatic heterocycles. The Kier molecular flexibility index (Phi) is 6.81. The average molecular weight is 363 g/mol. The fraction of sp³-hybridized carbons (Fsp3) is 0.375. The van der Waals surface area contributed by atoms with Crippen LogP contribution in [-0.2, 0) is 4.79 Å². The summed E-state index contributed by atoms with van der Waals surface area (Å²) in [5.74, 6) is 1.32. The number of urea groups is 1. The van der Waals surface area contributed by atoms with Gasteiger partial charge in [-0.25, -0.2) is 9.78 Å². The number of aromatic nitrogens is 3. The van der Waals surface area contributed by atoms with Crippen LogP contribution in [0, 0.1) is 5.92 Å². The van der Waals surface area contributed by atoms with Crippen molar-refractivity contribution in [3.05, 3.63) is 24.3 Å². The molecule has 1 heterocycles. The third-order valence-corrected chi connectivity index (χ3v) is 3.93. The molecule has 0 bridgehead atoms. The van der Waals surface area contributed by atoms with E-state index in [-0.39, 0.29) is 5.75 Å². The minimum absolute atomic E-state index is 0.0506. The van der Waals surface area contributed by atoms with Crippen LogP contribution >= 0.6 is 11.8 Å². The molecule has 8 nitrogen and oxygen atoms in total. The largest absolute Gasteiger partial charge is 0.497 e. The van der Waals surface area contributed by atoms with Gasteiger partial charge in [-0.15, -0.1) is 5.10 Å². The second-order valence-corrected chi connectivity index (χ2v) is 6.58. The zero-order chi connectivity index (χ0) is 18.2. The first-order valence-electron chi connectivity index (χ1n) is 7.75. The van der Waals surface area contributed by atoms with Gasteiger partial charge in [-0.05, 0) is 30.2 Å². The highest BCUT2D eigenvalue weighted by Gasteiger charge is 2.11. The van der Waals surface area contributed by atoms with E-state index in [0.717, 1.165) is 23.1 Å². The van der Waals surface area contributed by atoms with Crippen LogP contribution in [0.15, 0.2) is 29.4 Å². The molecule has 0 fully saturated rings. The molecule has 134 valence electrons. The molecule has 0 saturated carbocycles. The van der Waals surface area contributed by atoms with E-state index in [0.29, 0.717) is 23.4 Å². The molecule has 25 heavy (non-hydrogen) atoms. The summed E-state index contributed by atoms with van der Waals surface area (Å²) >= 11 is 1.15. The fourth-order valence-electron chi connectivity index (χ4n) is 1.82. The number of benzene rings is 1. The van der Waals surface area contributed by atoms with Gasteiger partial charge >= 0.3 is 6.03 Å². The third-order valence-electron chi connectivity index (χ3n) is 3.08. The molecular weight excluding hydrogens is 342 g/mol. The van der Waals surface area contributed by atoms with Gasteiger partial charge in [0.05, 0.1) is 12.9 Å². The molecular formula is C16H21N5O3S. The number of carbonyl (C=O) groups excluding carboxylic acids is 2. The summed E-state index contributed by atoms with van der Waals surface area (Å²) in [4.78, 5) is 27.6. The topological polar surface area (TPSA) is 109 Å². The van der Waals surface area contributed by atoms with E-state index in [9.17, 15) is 9.59 Å². The van der Waals surface area contributed by atoms with Gasteiger partial charge in [0, 0.05) is 12.1 Å². The van der Waals surface area contributed by atoms with Crippen molar-refractivity contribution in [1.29, 1.82) is 0 Å². The lowest BCUT2D eigenvalue weighted by Crippen LogP contribution is -2.41. The Bertz CT molecular complexity index is 715. The van der Waals surface area contributed by atoms with E-state index in [1.54, 1.807) is 7.11 Å². The minimum Gasteiger partial charge on any atom is -0.497 e. The first-order valence-corrected chi connectivity index (χ1v) is 8.73. The van der Waals surface area contributed by atoms with Crippen molar-refractivity contribution in [2.75, 3.05) is 19.4 Å². The van der Waals surface area contributed by atoms with E-state index >= 15 is 0 Å². The summed E-state index contributed by atoms with van der Waals surface area (Å²) in [6.45, 7) is 4.46. The first kappa shape index (κ1) is 18.8. The van der Waals surface area contributed by atoms with Crippen LogP contribution in [0.5, 0.6) is 5.75 Å². The van der Waals surface area contributed by atoms with E-state index in [1.807, 2.05) is 38.1 Å². The highest BCUT2D eigenvalue weighted by Crippen LogP contribution is 2.21. The Morgan fingerprint density at radius 1 is 1.28 bits per heavy atom. The van der Waals surface area contributed by atoms with Gasteiger partial charge in [0.1, 0.15) is 5.75 Å². The number of H-pyrrole nitrogens is 1. The van der Waals surface area contributed by atoms with Crippen LogP contribution in [0.4, 0.5) is 4.79 Å². The van der Waals surface area contributed by atoms with Crippen LogP contribution in [0.3, 0.4) is 0 Å². The van der Waals surface area contributed by atoms with Crippen LogP contribution in [-0.4, -0.2) is 46.5 Å². The van der Waals surface area contributed by atoms with E-state index in [4.69, 9.17) is 4.74 Å². The van der Waals surface area contributed by atoms with Crippen LogP contribution in [0.1, 0.15) is 13.8 Å². The second-order valence-electron chi connectivity index (χ2n) is 5.64. The van der Waals surface area contributed by atoms with Crippen LogP contribution in [0.2, 0.25) is 0 Å². The number of thioether (sulfide) groups is 1. The van der Waals surface area contributed by atoms with E-state index in [2.05, 4.69) is 25.8 Å². The highest BCUT2D eigenvalue weighted by molar-refractivity contribution is 7.99. The van der Waals surface area contributed by atoms with E-state index < -0.39 is 11.9 Å². The summed E-state index contributed by atoms with van der Waals surface area (Å²) < 4.78 is 5.11. The van der Waals surface area contributed by atoms with Crippen molar-refractivity contribution in [3.8, 4) is 17.1 Å². The molecule has 3 N–H and O–H groups in total. The van der Waals surface area contributed by atoms with Gasteiger partial charge in [-0.1, -0.05) is 25.6 Å². The number of carbonyl (C=O) groups is 2. The quantitative estimate of drug-likeness (QED) is 0.650. The van der Waals surface area contributed by atoms with Crippen molar-refractivity contribution in [2.45, 2.75) is 19.0 Å². The van der Waals surface area contributed by atoms with Gasteiger partial charge in [0.2, 0.25) is 11.1 Å². The molecule has 1 aromatic heterocycles. The summed E-state index contributed by atoms with van der Waals surface area (Å²) in [5, 5.41) is 12.2. The van der Waals surface area contributed by atoms with Crippen molar-refractivity contribution < 1.29 is 14.3 Å². The van der Waals surface area contributed by atoms with Gasteiger partial charge < -0.3 is 10.1 Å². The standard InChI is InChI=1S/C16H21N5O3S/c1-10(2)8-17-15(23)18-13(22)9-25-16-19-14(20-21-16)11-4-6-12(24-3)7-5-11/h4-7,10H,8-9H2,1-3H3,(H,19,20,21)(H2,17,18,22,23). The monoisotopic (exact) mass is 363 g/mol. The zero-order valence-electron chi connectivity index (χ0n) is 14.3. The number of imide groups is 1. The highest BCUT2D eigenvalue weighted by atomic mass is 32.2. The molecule has 0 radical (unpaired) electrons. The van der Waals surface area contributed by atoms with Crippen LogP contribution < -0.4 is 15.4 Å².